The summed E-state index contributed by atoms with van der Waals surface area (Å²) in [7, 11) is 0. The van der Waals surface area contributed by atoms with Crippen molar-refractivity contribution in [2.75, 3.05) is 6.54 Å². The standard InChI is InChI=1S/C17H24N2S2/c1-2-8-18-10-16-5-6-17(21-16)12-19(15-3-4-15)11-14-7-9-20-13-14/h5-7,9,13,15,18H,2-4,8,10-12H2,1H3. The molecule has 2 aromatic rings. The minimum absolute atomic E-state index is 0.814. The van der Waals surface area contributed by atoms with E-state index in [0.29, 0.717) is 0 Å². The normalized spacial score (nSPS) is 15.0. The SMILES string of the molecule is CCCNCc1ccc(CN(Cc2ccsc2)C2CC2)s1. The van der Waals surface area contributed by atoms with E-state index in [0.717, 1.165) is 32.2 Å². The molecule has 3 rings (SSSR count). The van der Waals surface area contributed by atoms with E-state index in [4.69, 9.17) is 0 Å². The number of rotatable bonds is 9. The summed E-state index contributed by atoms with van der Waals surface area (Å²) in [5.74, 6) is 0. The summed E-state index contributed by atoms with van der Waals surface area (Å²) in [6.07, 6.45) is 3.95. The van der Waals surface area contributed by atoms with Crippen LogP contribution in [0.4, 0.5) is 0 Å². The van der Waals surface area contributed by atoms with E-state index in [1.807, 2.05) is 11.3 Å². The first-order chi connectivity index (χ1) is 10.3. The maximum atomic E-state index is 3.49. The number of hydrogen-bond donors (Lipinski definition) is 1. The molecule has 1 aliphatic carbocycles. The summed E-state index contributed by atoms with van der Waals surface area (Å²) in [6.45, 7) is 6.56. The zero-order chi connectivity index (χ0) is 14.5. The van der Waals surface area contributed by atoms with Crippen molar-refractivity contribution in [2.45, 2.75) is 51.9 Å². The molecule has 2 heterocycles. The highest BCUT2D eigenvalue weighted by Gasteiger charge is 2.29. The molecular formula is C17H24N2S2. The minimum Gasteiger partial charge on any atom is -0.312 e. The third-order valence-electron chi connectivity index (χ3n) is 3.83. The van der Waals surface area contributed by atoms with E-state index in [-0.39, 0.29) is 0 Å². The molecule has 2 nitrogen and oxygen atoms in total. The molecular weight excluding hydrogens is 296 g/mol. The lowest BCUT2D eigenvalue weighted by Crippen LogP contribution is -2.24. The van der Waals surface area contributed by atoms with Crippen molar-refractivity contribution in [1.29, 1.82) is 0 Å². The Labute approximate surface area is 135 Å². The highest BCUT2D eigenvalue weighted by atomic mass is 32.1. The van der Waals surface area contributed by atoms with Crippen LogP contribution in [-0.4, -0.2) is 17.5 Å². The molecule has 1 saturated carbocycles. The smallest absolute Gasteiger partial charge is 0.0334 e. The molecule has 0 radical (unpaired) electrons. The zero-order valence-electron chi connectivity index (χ0n) is 12.7. The zero-order valence-corrected chi connectivity index (χ0v) is 14.3. The van der Waals surface area contributed by atoms with Crippen LogP contribution >= 0.6 is 22.7 Å². The molecule has 0 amide bonds. The summed E-state index contributed by atoms with van der Waals surface area (Å²) in [5, 5.41) is 7.95. The minimum atomic E-state index is 0.814. The number of hydrogen-bond acceptors (Lipinski definition) is 4. The molecule has 114 valence electrons. The topological polar surface area (TPSA) is 15.3 Å². The van der Waals surface area contributed by atoms with Gasteiger partial charge in [-0.1, -0.05) is 6.92 Å². The van der Waals surface area contributed by atoms with Gasteiger partial charge in [0.25, 0.3) is 0 Å². The summed E-state index contributed by atoms with van der Waals surface area (Å²) in [4.78, 5) is 5.62. The van der Waals surface area contributed by atoms with Crippen molar-refractivity contribution in [3.8, 4) is 0 Å². The van der Waals surface area contributed by atoms with Crippen LogP contribution in [-0.2, 0) is 19.6 Å². The lowest BCUT2D eigenvalue weighted by molar-refractivity contribution is 0.248. The molecule has 0 unspecified atom stereocenters. The third-order valence-corrected chi connectivity index (χ3v) is 5.63. The molecule has 1 fully saturated rings. The Hall–Kier alpha value is -0.680. The molecule has 1 N–H and O–H groups in total. The van der Waals surface area contributed by atoms with E-state index in [2.05, 4.69) is 46.1 Å². The predicted molar refractivity (Wildman–Crippen MR) is 92.9 cm³/mol. The Bertz CT molecular complexity index is 529. The Morgan fingerprint density at radius 3 is 2.76 bits per heavy atom. The molecule has 2 aromatic heterocycles. The molecule has 21 heavy (non-hydrogen) atoms. The van der Waals surface area contributed by atoms with Gasteiger partial charge in [0.05, 0.1) is 0 Å². The van der Waals surface area contributed by atoms with E-state index in [1.54, 1.807) is 11.3 Å². The maximum absolute atomic E-state index is 3.49. The lowest BCUT2D eigenvalue weighted by atomic mass is 10.3. The van der Waals surface area contributed by atoms with Gasteiger partial charge in [-0.05, 0) is 60.3 Å². The molecule has 0 aromatic carbocycles. The van der Waals surface area contributed by atoms with Crippen molar-refractivity contribution >= 4 is 22.7 Å². The molecule has 0 spiro atoms. The van der Waals surface area contributed by atoms with Gasteiger partial charge in [-0.3, -0.25) is 4.90 Å². The number of thiophene rings is 2. The van der Waals surface area contributed by atoms with E-state index in [9.17, 15) is 0 Å². The van der Waals surface area contributed by atoms with E-state index >= 15 is 0 Å². The van der Waals surface area contributed by atoms with Crippen molar-refractivity contribution in [1.82, 2.24) is 10.2 Å². The predicted octanol–water partition coefficient (Wildman–Crippen LogP) is 4.47. The first-order valence-corrected chi connectivity index (χ1v) is 9.64. The summed E-state index contributed by atoms with van der Waals surface area (Å²) in [6, 6.07) is 7.68. The van der Waals surface area contributed by atoms with Gasteiger partial charge in [0, 0.05) is 35.4 Å². The Balaban J connectivity index is 1.55. The fraction of sp³-hybridized carbons (Fsp3) is 0.529. The van der Waals surface area contributed by atoms with Crippen LogP contribution in [0, 0.1) is 0 Å². The second-order valence-electron chi connectivity index (χ2n) is 5.81. The fourth-order valence-electron chi connectivity index (χ4n) is 2.56. The highest BCUT2D eigenvalue weighted by Crippen LogP contribution is 2.31. The van der Waals surface area contributed by atoms with Crippen LogP contribution in [0.2, 0.25) is 0 Å². The molecule has 0 aliphatic heterocycles. The fourth-order valence-corrected chi connectivity index (χ4v) is 4.24. The Kier molecular flexibility index (Phi) is 5.47. The van der Waals surface area contributed by atoms with Crippen LogP contribution in [0.25, 0.3) is 0 Å². The highest BCUT2D eigenvalue weighted by molar-refractivity contribution is 7.12. The quantitative estimate of drug-likeness (QED) is 0.686. The average molecular weight is 321 g/mol. The van der Waals surface area contributed by atoms with Crippen molar-refractivity contribution in [3.05, 3.63) is 44.3 Å². The van der Waals surface area contributed by atoms with E-state index < -0.39 is 0 Å². The van der Waals surface area contributed by atoms with Gasteiger partial charge in [0.1, 0.15) is 0 Å². The molecule has 0 atom stereocenters. The maximum Gasteiger partial charge on any atom is 0.0334 e. The summed E-state index contributed by atoms with van der Waals surface area (Å²) >= 11 is 3.77. The first kappa shape index (κ1) is 15.2. The van der Waals surface area contributed by atoms with Crippen LogP contribution < -0.4 is 5.32 Å². The van der Waals surface area contributed by atoms with Gasteiger partial charge in [-0.25, -0.2) is 0 Å². The van der Waals surface area contributed by atoms with Gasteiger partial charge in [0.2, 0.25) is 0 Å². The third kappa shape index (κ3) is 4.65. The second-order valence-corrected chi connectivity index (χ2v) is 7.85. The molecule has 0 saturated heterocycles. The first-order valence-electron chi connectivity index (χ1n) is 7.88. The Morgan fingerprint density at radius 2 is 2.05 bits per heavy atom. The van der Waals surface area contributed by atoms with Gasteiger partial charge in [0.15, 0.2) is 0 Å². The van der Waals surface area contributed by atoms with Crippen molar-refractivity contribution in [2.24, 2.45) is 0 Å². The van der Waals surface area contributed by atoms with Gasteiger partial charge in [-0.15, -0.1) is 11.3 Å². The average Bonchev–Trinajstić information content (AvgIpc) is 3.03. The van der Waals surface area contributed by atoms with Crippen LogP contribution in [0.1, 0.15) is 41.5 Å². The largest absolute Gasteiger partial charge is 0.312 e. The van der Waals surface area contributed by atoms with Crippen LogP contribution in [0.5, 0.6) is 0 Å². The molecule has 4 heteroatoms. The lowest BCUT2D eigenvalue weighted by Gasteiger charge is -2.20. The molecule has 1 aliphatic rings. The van der Waals surface area contributed by atoms with Crippen molar-refractivity contribution in [3.63, 3.8) is 0 Å². The summed E-state index contributed by atoms with van der Waals surface area (Å²) < 4.78 is 0. The van der Waals surface area contributed by atoms with Crippen molar-refractivity contribution < 1.29 is 0 Å². The van der Waals surface area contributed by atoms with Gasteiger partial charge >= 0.3 is 0 Å². The van der Waals surface area contributed by atoms with Gasteiger partial charge < -0.3 is 5.32 Å². The number of nitrogens with one attached hydrogen (secondary N) is 1. The van der Waals surface area contributed by atoms with E-state index in [1.165, 1.54) is 34.6 Å². The summed E-state index contributed by atoms with van der Waals surface area (Å²) in [5.41, 5.74) is 1.47. The number of nitrogens with zero attached hydrogens (tertiary/aromatic N) is 1. The Morgan fingerprint density at radius 1 is 1.19 bits per heavy atom. The molecule has 0 bridgehead atoms. The van der Waals surface area contributed by atoms with Gasteiger partial charge in [-0.2, -0.15) is 11.3 Å². The van der Waals surface area contributed by atoms with Crippen LogP contribution in [0.15, 0.2) is 29.0 Å². The van der Waals surface area contributed by atoms with Crippen LogP contribution in [0.3, 0.4) is 0 Å². The monoisotopic (exact) mass is 320 g/mol. The second kappa shape index (κ2) is 7.54.